The fourth-order valence-corrected chi connectivity index (χ4v) is 2.77. The lowest BCUT2D eigenvalue weighted by Gasteiger charge is -2.15. The van der Waals surface area contributed by atoms with Crippen molar-refractivity contribution in [3.05, 3.63) is 16.0 Å². The Balaban J connectivity index is 1.67. The molecule has 0 bridgehead atoms. The minimum atomic E-state index is 0.747. The Labute approximate surface area is 111 Å². The second-order valence-electron chi connectivity index (χ2n) is 4.56. The zero-order valence-electron chi connectivity index (χ0n) is 9.66. The molecule has 0 atom stereocenters. The highest BCUT2D eigenvalue weighted by molar-refractivity contribution is 14.1. The number of halogens is 1. The van der Waals surface area contributed by atoms with Gasteiger partial charge < -0.3 is 5.32 Å². The molecule has 1 N–H and O–H groups in total. The van der Waals surface area contributed by atoms with Crippen LogP contribution >= 0.6 is 22.6 Å². The van der Waals surface area contributed by atoms with Crippen molar-refractivity contribution in [2.24, 2.45) is 0 Å². The first-order valence-corrected chi connectivity index (χ1v) is 7.34. The van der Waals surface area contributed by atoms with Gasteiger partial charge in [-0.2, -0.15) is 5.10 Å². The van der Waals surface area contributed by atoms with Crippen LogP contribution in [0.2, 0.25) is 0 Å². The molecule has 1 aliphatic rings. The first-order valence-electron chi connectivity index (χ1n) is 6.26. The molecular formula is C12H20IN3. The Morgan fingerprint density at radius 1 is 1.31 bits per heavy atom. The summed E-state index contributed by atoms with van der Waals surface area (Å²) < 4.78 is 3.23. The largest absolute Gasteiger partial charge is 0.312 e. The SMILES string of the molecule is Ic1cnn(CCNC2CCCCCC2)c1. The van der Waals surface area contributed by atoms with Crippen molar-refractivity contribution in [2.75, 3.05) is 6.54 Å². The fraction of sp³-hybridized carbons (Fsp3) is 0.750. The molecule has 3 nitrogen and oxygen atoms in total. The molecule has 0 aliphatic heterocycles. The van der Waals surface area contributed by atoms with Crippen LogP contribution in [0.25, 0.3) is 0 Å². The molecule has 1 aliphatic carbocycles. The molecule has 2 rings (SSSR count). The monoisotopic (exact) mass is 333 g/mol. The molecule has 16 heavy (non-hydrogen) atoms. The van der Waals surface area contributed by atoms with Gasteiger partial charge in [-0.25, -0.2) is 0 Å². The van der Waals surface area contributed by atoms with E-state index in [2.05, 4.69) is 39.2 Å². The summed E-state index contributed by atoms with van der Waals surface area (Å²) in [6.07, 6.45) is 12.4. The van der Waals surface area contributed by atoms with Crippen LogP contribution in [0.3, 0.4) is 0 Å². The zero-order valence-corrected chi connectivity index (χ0v) is 11.8. The molecular weight excluding hydrogens is 313 g/mol. The van der Waals surface area contributed by atoms with Crippen molar-refractivity contribution >= 4 is 22.6 Å². The summed E-state index contributed by atoms with van der Waals surface area (Å²) in [5, 5.41) is 7.94. The van der Waals surface area contributed by atoms with Gasteiger partial charge in [0, 0.05) is 18.8 Å². The van der Waals surface area contributed by atoms with Gasteiger partial charge >= 0.3 is 0 Å². The van der Waals surface area contributed by atoms with Crippen molar-refractivity contribution in [3.8, 4) is 0 Å². The van der Waals surface area contributed by atoms with Gasteiger partial charge in [-0.1, -0.05) is 25.7 Å². The molecule has 90 valence electrons. The van der Waals surface area contributed by atoms with Gasteiger partial charge in [-0.15, -0.1) is 0 Å². The summed E-state index contributed by atoms with van der Waals surface area (Å²) in [6, 6.07) is 0.747. The maximum absolute atomic E-state index is 4.29. The second kappa shape index (κ2) is 6.59. The lowest BCUT2D eigenvalue weighted by atomic mass is 10.1. The quantitative estimate of drug-likeness (QED) is 0.678. The number of hydrogen-bond acceptors (Lipinski definition) is 2. The Kier molecular flexibility index (Phi) is 5.09. The first-order chi connectivity index (χ1) is 7.84. The lowest BCUT2D eigenvalue weighted by molar-refractivity contribution is 0.436. The molecule has 0 radical (unpaired) electrons. The lowest BCUT2D eigenvalue weighted by Crippen LogP contribution is -2.31. The van der Waals surface area contributed by atoms with Crippen molar-refractivity contribution in [1.82, 2.24) is 15.1 Å². The first kappa shape index (κ1) is 12.4. The fourth-order valence-electron chi connectivity index (χ4n) is 2.33. The molecule has 1 saturated carbocycles. The average molecular weight is 333 g/mol. The van der Waals surface area contributed by atoms with Crippen molar-refractivity contribution in [1.29, 1.82) is 0 Å². The van der Waals surface area contributed by atoms with E-state index in [1.165, 1.54) is 42.1 Å². The highest BCUT2D eigenvalue weighted by Gasteiger charge is 2.10. The predicted molar refractivity (Wildman–Crippen MR) is 74.4 cm³/mol. The molecule has 1 heterocycles. The highest BCUT2D eigenvalue weighted by atomic mass is 127. The van der Waals surface area contributed by atoms with Crippen LogP contribution in [0.15, 0.2) is 12.4 Å². The number of hydrogen-bond donors (Lipinski definition) is 1. The predicted octanol–water partition coefficient (Wildman–Crippen LogP) is 2.80. The van der Waals surface area contributed by atoms with Crippen LogP contribution in [0, 0.1) is 3.57 Å². The van der Waals surface area contributed by atoms with Crippen molar-refractivity contribution in [2.45, 2.75) is 51.1 Å². The van der Waals surface area contributed by atoms with Crippen LogP contribution in [-0.2, 0) is 6.54 Å². The van der Waals surface area contributed by atoms with E-state index in [1.807, 2.05) is 10.9 Å². The van der Waals surface area contributed by atoms with Gasteiger partial charge in [0.15, 0.2) is 0 Å². The Morgan fingerprint density at radius 3 is 2.69 bits per heavy atom. The van der Waals surface area contributed by atoms with Crippen LogP contribution in [0.1, 0.15) is 38.5 Å². The van der Waals surface area contributed by atoms with Crippen LogP contribution in [-0.4, -0.2) is 22.4 Å². The minimum absolute atomic E-state index is 0.747. The molecule has 0 spiro atoms. The second-order valence-corrected chi connectivity index (χ2v) is 5.81. The number of nitrogens with one attached hydrogen (secondary N) is 1. The summed E-state index contributed by atoms with van der Waals surface area (Å²) in [6.45, 7) is 2.03. The zero-order chi connectivity index (χ0) is 11.2. The third kappa shape index (κ3) is 4.05. The molecule has 0 unspecified atom stereocenters. The summed E-state index contributed by atoms with van der Waals surface area (Å²) in [5.41, 5.74) is 0. The summed E-state index contributed by atoms with van der Waals surface area (Å²) >= 11 is 2.30. The van der Waals surface area contributed by atoms with Gasteiger partial charge in [-0.3, -0.25) is 4.68 Å². The summed E-state index contributed by atoms with van der Waals surface area (Å²) in [7, 11) is 0. The minimum Gasteiger partial charge on any atom is -0.312 e. The van der Waals surface area contributed by atoms with E-state index in [-0.39, 0.29) is 0 Å². The molecule has 0 saturated heterocycles. The van der Waals surface area contributed by atoms with E-state index in [1.54, 1.807) is 0 Å². The topological polar surface area (TPSA) is 29.9 Å². The van der Waals surface area contributed by atoms with Crippen molar-refractivity contribution < 1.29 is 0 Å². The molecule has 0 aromatic carbocycles. The normalized spacial score (nSPS) is 18.6. The third-order valence-electron chi connectivity index (χ3n) is 3.23. The van der Waals surface area contributed by atoms with E-state index in [0.29, 0.717) is 0 Å². The van der Waals surface area contributed by atoms with E-state index < -0.39 is 0 Å². The van der Waals surface area contributed by atoms with Gasteiger partial charge in [0.1, 0.15) is 0 Å². The number of nitrogens with zero attached hydrogens (tertiary/aromatic N) is 2. The van der Waals surface area contributed by atoms with E-state index in [0.717, 1.165) is 19.1 Å². The Bertz CT molecular complexity index is 303. The highest BCUT2D eigenvalue weighted by Crippen LogP contribution is 2.16. The molecule has 1 fully saturated rings. The molecule has 1 aromatic rings. The van der Waals surface area contributed by atoms with Crippen LogP contribution in [0.5, 0.6) is 0 Å². The van der Waals surface area contributed by atoms with Gasteiger partial charge in [0.25, 0.3) is 0 Å². The van der Waals surface area contributed by atoms with Gasteiger partial charge in [-0.05, 0) is 35.4 Å². The molecule has 1 aromatic heterocycles. The van der Waals surface area contributed by atoms with Crippen LogP contribution < -0.4 is 5.32 Å². The van der Waals surface area contributed by atoms with E-state index in [4.69, 9.17) is 0 Å². The van der Waals surface area contributed by atoms with Gasteiger partial charge in [0.05, 0.1) is 16.3 Å². The van der Waals surface area contributed by atoms with Crippen LogP contribution in [0.4, 0.5) is 0 Å². The van der Waals surface area contributed by atoms with Gasteiger partial charge in [0.2, 0.25) is 0 Å². The average Bonchev–Trinajstić information content (AvgIpc) is 2.54. The standard InChI is InChI=1S/C12H20IN3/c13-11-9-15-16(10-11)8-7-14-12-5-3-1-2-4-6-12/h9-10,12,14H,1-8H2. The van der Waals surface area contributed by atoms with E-state index in [9.17, 15) is 0 Å². The Morgan fingerprint density at radius 2 is 2.06 bits per heavy atom. The Hall–Kier alpha value is -0.100. The summed E-state index contributed by atoms with van der Waals surface area (Å²) in [4.78, 5) is 0. The molecule has 4 heteroatoms. The number of rotatable bonds is 4. The maximum atomic E-state index is 4.29. The maximum Gasteiger partial charge on any atom is 0.0623 e. The van der Waals surface area contributed by atoms with E-state index >= 15 is 0 Å². The smallest absolute Gasteiger partial charge is 0.0623 e. The third-order valence-corrected chi connectivity index (χ3v) is 3.79. The summed E-state index contributed by atoms with van der Waals surface area (Å²) in [5.74, 6) is 0. The number of aromatic nitrogens is 2. The van der Waals surface area contributed by atoms with Crippen molar-refractivity contribution in [3.63, 3.8) is 0 Å². The molecule has 0 amide bonds.